The predicted molar refractivity (Wildman–Crippen MR) is 142 cm³/mol. The van der Waals surface area contributed by atoms with Crippen LogP contribution in [0.2, 0.25) is 5.02 Å². The Balaban J connectivity index is 1.41. The number of amides is 1. The first-order valence-corrected chi connectivity index (χ1v) is 13.2. The minimum Gasteiger partial charge on any atom is -0.455 e. The molecule has 0 saturated heterocycles. The van der Waals surface area contributed by atoms with Crippen molar-refractivity contribution in [3.05, 3.63) is 113 Å². The van der Waals surface area contributed by atoms with Crippen LogP contribution in [0.25, 0.3) is 0 Å². The molecule has 1 N–H and O–H groups in total. The number of nitrogens with one attached hydrogen (secondary N) is 1. The fourth-order valence-electron chi connectivity index (χ4n) is 4.32. The molecule has 4 aromatic rings. The van der Waals surface area contributed by atoms with E-state index < -0.39 is 10.0 Å². The van der Waals surface area contributed by atoms with E-state index in [2.05, 4.69) is 5.32 Å². The van der Waals surface area contributed by atoms with Crippen LogP contribution in [0.15, 0.2) is 102 Å². The number of nitrogens with zero attached hydrogens (tertiary/aromatic N) is 1. The zero-order chi connectivity index (χ0) is 25.3. The van der Waals surface area contributed by atoms with Gasteiger partial charge in [0.05, 0.1) is 16.3 Å². The molecule has 5 rings (SSSR count). The van der Waals surface area contributed by atoms with E-state index in [0.29, 0.717) is 39.9 Å². The third kappa shape index (κ3) is 4.67. The van der Waals surface area contributed by atoms with Gasteiger partial charge in [-0.25, -0.2) is 8.42 Å². The Morgan fingerprint density at radius 2 is 1.64 bits per heavy atom. The number of carbonyl (C=O) groups excluding carboxylic acids is 1. The SMILES string of the molecule is C[C@H]1Cc2cc(C(=O)Nc3cc(Cl)ccc3Oc3ccccc3)ccc2N1S(=O)(=O)c1ccccc1. The van der Waals surface area contributed by atoms with Crippen LogP contribution in [0.3, 0.4) is 0 Å². The van der Waals surface area contributed by atoms with Gasteiger partial charge in [-0.3, -0.25) is 9.10 Å². The van der Waals surface area contributed by atoms with Crippen LogP contribution in [0.1, 0.15) is 22.8 Å². The number of para-hydroxylation sites is 1. The number of anilines is 2. The van der Waals surface area contributed by atoms with Crippen LogP contribution < -0.4 is 14.4 Å². The Morgan fingerprint density at radius 1 is 0.944 bits per heavy atom. The van der Waals surface area contributed by atoms with E-state index in [1.165, 1.54) is 4.31 Å². The molecule has 1 atom stereocenters. The lowest BCUT2D eigenvalue weighted by Gasteiger charge is -2.24. The van der Waals surface area contributed by atoms with E-state index in [9.17, 15) is 13.2 Å². The van der Waals surface area contributed by atoms with Crippen molar-refractivity contribution in [3.8, 4) is 11.5 Å². The first-order chi connectivity index (χ1) is 17.3. The molecular formula is C28H23ClN2O4S. The van der Waals surface area contributed by atoms with E-state index in [0.717, 1.165) is 5.56 Å². The fraction of sp³-hybridized carbons (Fsp3) is 0.107. The minimum atomic E-state index is -3.72. The summed E-state index contributed by atoms with van der Waals surface area (Å²) < 4.78 is 34.0. The van der Waals surface area contributed by atoms with Gasteiger partial charge in [-0.15, -0.1) is 0 Å². The third-order valence-electron chi connectivity index (χ3n) is 5.96. The summed E-state index contributed by atoms with van der Waals surface area (Å²) in [7, 11) is -3.72. The van der Waals surface area contributed by atoms with E-state index in [1.54, 1.807) is 66.7 Å². The van der Waals surface area contributed by atoms with Gasteiger partial charge in [-0.1, -0.05) is 48.0 Å². The summed E-state index contributed by atoms with van der Waals surface area (Å²) in [6, 6.07) is 27.4. The van der Waals surface area contributed by atoms with Crippen molar-refractivity contribution in [3.63, 3.8) is 0 Å². The number of halogens is 1. The van der Waals surface area contributed by atoms with Crippen molar-refractivity contribution < 1.29 is 17.9 Å². The lowest BCUT2D eigenvalue weighted by atomic mass is 10.1. The van der Waals surface area contributed by atoms with Crippen LogP contribution in [-0.2, 0) is 16.4 Å². The monoisotopic (exact) mass is 518 g/mol. The van der Waals surface area contributed by atoms with Gasteiger partial charge in [-0.05, 0) is 79.6 Å². The second kappa shape index (κ2) is 9.68. The molecule has 182 valence electrons. The summed E-state index contributed by atoms with van der Waals surface area (Å²) in [6.45, 7) is 1.86. The normalized spacial score (nSPS) is 14.8. The first kappa shape index (κ1) is 23.9. The number of carbonyl (C=O) groups is 1. The average Bonchev–Trinajstić information content (AvgIpc) is 3.22. The summed E-state index contributed by atoms with van der Waals surface area (Å²) in [5, 5.41) is 3.33. The summed E-state index contributed by atoms with van der Waals surface area (Å²) in [5.41, 5.74) is 2.21. The highest BCUT2D eigenvalue weighted by molar-refractivity contribution is 7.92. The summed E-state index contributed by atoms with van der Waals surface area (Å²) in [6.07, 6.45) is 0.502. The molecule has 1 aliphatic rings. The number of fused-ring (bicyclic) bond motifs is 1. The summed E-state index contributed by atoms with van der Waals surface area (Å²) in [5.74, 6) is 0.727. The quantitative estimate of drug-likeness (QED) is 0.315. The maximum Gasteiger partial charge on any atom is 0.264 e. The Labute approximate surface area is 215 Å². The molecule has 0 aromatic heterocycles. The zero-order valence-electron chi connectivity index (χ0n) is 19.4. The molecule has 1 aliphatic heterocycles. The predicted octanol–water partition coefficient (Wildman–Crippen LogP) is 6.52. The van der Waals surface area contributed by atoms with Crippen molar-refractivity contribution in [2.75, 3.05) is 9.62 Å². The number of rotatable bonds is 6. The van der Waals surface area contributed by atoms with Crippen LogP contribution in [-0.4, -0.2) is 20.4 Å². The molecular weight excluding hydrogens is 496 g/mol. The van der Waals surface area contributed by atoms with Gasteiger partial charge < -0.3 is 10.1 Å². The molecule has 0 bridgehead atoms. The van der Waals surface area contributed by atoms with E-state index in [1.807, 2.05) is 37.3 Å². The van der Waals surface area contributed by atoms with Gasteiger partial charge in [0.2, 0.25) is 0 Å². The molecule has 0 radical (unpaired) electrons. The molecule has 1 amide bonds. The van der Waals surface area contributed by atoms with Crippen LogP contribution in [0.5, 0.6) is 11.5 Å². The second-order valence-corrected chi connectivity index (χ2v) is 10.8. The molecule has 0 aliphatic carbocycles. The molecule has 0 unspecified atom stereocenters. The maximum absolute atomic E-state index is 13.3. The molecule has 0 spiro atoms. The highest BCUT2D eigenvalue weighted by Crippen LogP contribution is 2.38. The van der Waals surface area contributed by atoms with Crippen molar-refractivity contribution >= 4 is 38.9 Å². The molecule has 0 saturated carbocycles. The Kier molecular flexibility index (Phi) is 6.43. The van der Waals surface area contributed by atoms with Crippen molar-refractivity contribution in [2.45, 2.75) is 24.3 Å². The molecule has 36 heavy (non-hydrogen) atoms. The molecule has 6 nitrogen and oxygen atoms in total. The highest BCUT2D eigenvalue weighted by atomic mass is 35.5. The number of hydrogen-bond acceptors (Lipinski definition) is 4. The lowest BCUT2D eigenvalue weighted by Crippen LogP contribution is -2.35. The van der Waals surface area contributed by atoms with Crippen LogP contribution in [0, 0.1) is 0 Å². The molecule has 0 fully saturated rings. The van der Waals surface area contributed by atoms with Crippen molar-refractivity contribution in [1.82, 2.24) is 0 Å². The Morgan fingerprint density at radius 3 is 2.36 bits per heavy atom. The van der Waals surface area contributed by atoms with Gasteiger partial charge in [0.25, 0.3) is 15.9 Å². The minimum absolute atomic E-state index is 0.235. The average molecular weight is 519 g/mol. The van der Waals surface area contributed by atoms with Crippen molar-refractivity contribution in [2.24, 2.45) is 0 Å². The molecule has 1 heterocycles. The van der Waals surface area contributed by atoms with Crippen LogP contribution >= 0.6 is 11.6 Å². The maximum atomic E-state index is 13.3. The number of hydrogen-bond donors (Lipinski definition) is 1. The number of ether oxygens (including phenoxy) is 1. The first-order valence-electron chi connectivity index (χ1n) is 11.4. The highest BCUT2D eigenvalue weighted by Gasteiger charge is 2.36. The molecule has 8 heteroatoms. The van der Waals surface area contributed by atoms with Crippen molar-refractivity contribution in [1.29, 1.82) is 0 Å². The summed E-state index contributed by atoms with van der Waals surface area (Å²) in [4.78, 5) is 13.4. The third-order valence-corrected chi connectivity index (χ3v) is 8.13. The van der Waals surface area contributed by atoms with Gasteiger partial charge >= 0.3 is 0 Å². The molecule has 4 aromatic carbocycles. The Hall–Kier alpha value is -3.81. The number of sulfonamides is 1. The zero-order valence-corrected chi connectivity index (χ0v) is 21.0. The second-order valence-electron chi connectivity index (χ2n) is 8.52. The Bertz CT molecular complexity index is 1530. The van der Waals surface area contributed by atoms with Crippen LogP contribution in [0.4, 0.5) is 11.4 Å². The topological polar surface area (TPSA) is 75.7 Å². The van der Waals surface area contributed by atoms with Gasteiger partial charge in [0.1, 0.15) is 5.75 Å². The van der Waals surface area contributed by atoms with E-state index in [4.69, 9.17) is 16.3 Å². The van der Waals surface area contributed by atoms with E-state index in [-0.39, 0.29) is 16.8 Å². The van der Waals surface area contributed by atoms with Gasteiger partial charge in [-0.2, -0.15) is 0 Å². The van der Waals surface area contributed by atoms with Gasteiger partial charge in [0.15, 0.2) is 5.75 Å². The van der Waals surface area contributed by atoms with Gasteiger partial charge in [0, 0.05) is 16.6 Å². The summed E-state index contributed by atoms with van der Waals surface area (Å²) >= 11 is 6.18. The number of benzene rings is 4. The lowest BCUT2D eigenvalue weighted by molar-refractivity contribution is 0.102. The van der Waals surface area contributed by atoms with E-state index >= 15 is 0 Å². The fourth-order valence-corrected chi connectivity index (χ4v) is 6.20. The largest absolute Gasteiger partial charge is 0.455 e. The standard InChI is InChI=1S/C28H23ClN2O4S/c1-19-16-21-17-20(12-14-26(21)31(19)36(33,34)24-10-6-3-7-11-24)28(32)30-25-18-22(29)13-15-27(25)35-23-8-4-2-5-9-23/h2-15,17-19H,16H2,1H3,(H,30,32)/t19-/m0/s1. The smallest absolute Gasteiger partial charge is 0.264 e.